The number of nitrogens with one attached hydrogen (secondary N) is 1. The fourth-order valence-electron chi connectivity index (χ4n) is 4.31. The second kappa shape index (κ2) is 8.33. The van der Waals surface area contributed by atoms with E-state index in [1.807, 2.05) is 35.2 Å². The molecule has 2 aliphatic heterocycles. The van der Waals surface area contributed by atoms with E-state index in [0.29, 0.717) is 26.1 Å². The zero-order valence-corrected chi connectivity index (χ0v) is 16.3. The van der Waals surface area contributed by atoms with E-state index in [1.165, 1.54) is 0 Å². The predicted molar refractivity (Wildman–Crippen MR) is 105 cm³/mol. The Morgan fingerprint density at radius 1 is 0.929 bits per heavy atom. The van der Waals surface area contributed by atoms with E-state index >= 15 is 0 Å². The Balaban J connectivity index is 1.30. The molecular weight excluding hydrogens is 354 g/mol. The third kappa shape index (κ3) is 4.37. The fourth-order valence-corrected chi connectivity index (χ4v) is 4.31. The second-order valence-corrected chi connectivity index (χ2v) is 8.29. The van der Waals surface area contributed by atoms with Crippen LogP contribution in [0, 0.1) is 5.92 Å². The Morgan fingerprint density at radius 3 is 2.32 bits per heavy atom. The molecule has 0 radical (unpaired) electrons. The first-order valence-corrected chi connectivity index (χ1v) is 10.5. The van der Waals surface area contributed by atoms with Crippen LogP contribution in [0.1, 0.15) is 44.1 Å². The number of carbonyl (C=O) groups excluding carboxylic acids is 3. The lowest BCUT2D eigenvalue weighted by Gasteiger charge is -2.35. The number of benzene rings is 1. The topological polar surface area (TPSA) is 69.7 Å². The van der Waals surface area contributed by atoms with Gasteiger partial charge in [-0.1, -0.05) is 30.3 Å². The van der Waals surface area contributed by atoms with Gasteiger partial charge in [-0.15, -0.1) is 0 Å². The molecule has 1 atom stereocenters. The first kappa shape index (κ1) is 19.0. The summed E-state index contributed by atoms with van der Waals surface area (Å²) in [5, 5.41) is 3.12. The highest BCUT2D eigenvalue weighted by Gasteiger charge is 2.38. The van der Waals surface area contributed by atoms with Crippen LogP contribution in [0.25, 0.3) is 0 Å². The third-order valence-corrected chi connectivity index (χ3v) is 6.16. The molecule has 4 rings (SSSR count). The van der Waals surface area contributed by atoms with Crippen molar-refractivity contribution in [2.24, 2.45) is 5.92 Å². The zero-order chi connectivity index (χ0) is 19.5. The van der Waals surface area contributed by atoms with Gasteiger partial charge in [-0.3, -0.25) is 14.4 Å². The predicted octanol–water partition coefficient (Wildman–Crippen LogP) is 1.74. The Kier molecular flexibility index (Phi) is 5.64. The number of piperidine rings is 1. The molecule has 1 aromatic rings. The lowest BCUT2D eigenvalue weighted by molar-refractivity contribution is -0.144. The molecule has 1 unspecified atom stereocenters. The average molecular weight is 383 g/mol. The van der Waals surface area contributed by atoms with Crippen molar-refractivity contribution >= 4 is 17.7 Å². The number of amides is 3. The van der Waals surface area contributed by atoms with E-state index in [4.69, 9.17) is 0 Å². The lowest BCUT2D eigenvalue weighted by Crippen LogP contribution is -2.52. The molecule has 6 heteroatoms. The molecule has 0 spiro atoms. The van der Waals surface area contributed by atoms with Crippen molar-refractivity contribution in [1.29, 1.82) is 0 Å². The Morgan fingerprint density at radius 2 is 1.64 bits per heavy atom. The SMILES string of the molecule is O=C(NC1CCN(C(=O)C2CCCN2C(=O)Cc2ccccc2)CC1)C1CC1. The van der Waals surface area contributed by atoms with Gasteiger partial charge in [0.25, 0.3) is 0 Å². The van der Waals surface area contributed by atoms with Crippen molar-refractivity contribution in [2.45, 2.75) is 57.0 Å². The van der Waals surface area contributed by atoms with Crippen molar-refractivity contribution in [1.82, 2.24) is 15.1 Å². The molecule has 1 aliphatic carbocycles. The molecule has 1 saturated carbocycles. The maximum absolute atomic E-state index is 13.1. The molecule has 6 nitrogen and oxygen atoms in total. The molecule has 3 fully saturated rings. The molecular formula is C22H29N3O3. The smallest absolute Gasteiger partial charge is 0.245 e. The minimum Gasteiger partial charge on any atom is -0.353 e. The van der Waals surface area contributed by atoms with E-state index in [1.54, 1.807) is 4.90 Å². The molecule has 1 aromatic carbocycles. The van der Waals surface area contributed by atoms with Crippen molar-refractivity contribution in [3.05, 3.63) is 35.9 Å². The molecule has 1 N–H and O–H groups in total. The fraction of sp³-hybridized carbons (Fsp3) is 0.591. The Hall–Kier alpha value is -2.37. The molecule has 3 amide bonds. The summed E-state index contributed by atoms with van der Waals surface area (Å²) in [4.78, 5) is 41.4. The number of carbonyl (C=O) groups is 3. The monoisotopic (exact) mass is 383 g/mol. The standard InChI is InChI=1S/C22H29N3O3/c26-20(15-16-5-2-1-3-6-16)25-12-4-7-19(25)22(28)24-13-10-18(11-14-24)23-21(27)17-8-9-17/h1-3,5-6,17-19H,4,7-15H2,(H,23,27). The summed E-state index contributed by atoms with van der Waals surface area (Å²) in [6, 6.07) is 9.55. The minimum atomic E-state index is -0.325. The Bertz CT molecular complexity index is 724. The van der Waals surface area contributed by atoms with Gasteiger partial charge in [-0.05, 0) is 44.1 Å². The molecule has 2 heterocycles. The van der Waals surface area contributed by atoms with Crippen LogP contribution >= 0.6 is 0 Å². The molecule has 0 bridgehead atoms. The normalized spacial score (nSPS) is 22.9. The Labute approximate surface area is 166 Å². The van der Waals surface area contributed by atoms with Gasteiger partial charge in [0, 0.05) is 31.6 Å². The summed E-state index contributed by atoms with van der Waals surface area (Å²) in [6.45, 7) is 1.98. The maximum atomic E-state index is 13.1. The number of hydrogen-bond acceptors (Lipinski definition) is 3. The highest BCUT2D eigenvalue weighted by atomic mass is 16.2. The van der Waals surface area contributed by atoms with E-state index in [2.05, 4.69) is 5.32 Å². The number of likely N-dealkylation sites (tertiary alicyclic amines) is 2. The average Bonchev–Trinajstić information content (AvgIpc) is 3.45. The van der Waals surface area contributed by atoms with Gasteiger partial charge in [0.2, 0.25) is 17.7 Å². The molecule has 28 heavy (non-hydrogen) atoms. The van der Waals surface area contributed by atoms with Crippen LogP contribution in [0.3, 0.4) is 0 Å². The van der Waals surface area contributed by atoms with E-state index in [0.717, 1.165) is 44.1 Å². The van der Waals surface area contributed by atoms with Gasteiger partial charge in [0.1, 0.15) is 6.04 Å². The van der Waals surface area contributed by atoms with Crippen LogP contribution in [0.5, 0.6) is 0 Å². The van der Waals surface area contributed by atoms with Crippen LogP contribution in [0.15, 0.2) is 30.3 Å². The summed E-state index contributed by atoms with van der Waals surface area (Å²) in [5.74, 6) is 0.514. The van der Waals surface area contributed by atoms with Gasteiger partial charge in [-0.2, -0.15) is 0 Å². The summed E-state index contributed by atoms with van der Waals surface area (Å²) >= 11 is 0. The molecule has 2 saturated heterocycles. The summed E-state index contributed by atoms with van der Waals surface area (Å²) in [5.41, 5.74) is 0.984. The highest BCUT2D eigenvalue weighted by Crippen LogP contribution is 2.29. The van der Waals surface area contributed by atoms with E-state index < -0.39 is 0 Å². The van der Waals surface area contributed by atoms with Crippen molar-refractivity contribution in [3.63, 3.8) is 0 Å². The molecule has 150 valence electrons. The van der Waals surface area contributed by atoms with Gasteiger partial charge in [-0.25, -0.2) is 0 Å². The number of hydrogen-bond donors (Lipinski definition) is 1. The van der Waals surface area contributed by atoms with Crippen LogP contribution in [0.4, 0.5) is 0 Å². The summed E-state index contributed by atoms with van der Waals surface area (Å²) < 4.78 is 0. The van der Waals surface area contributed by atoms with Crippen LogP contribution in [-0.2, 0) is 20.8 Å². The van der Waals surface area contributed by atoms with Crippen LogP contribution in [-0.4, -0.2) is 59.2 Å². The summed E-state index contributed by atoms with van der Waals surface area (Å²) in [6.07, 6.45) is 5.60. The molecule has 0 aromatic heterocycles. The quantitative estimate of drug-likeness (QED) is 0.842. The number of rotatable bonds is 5. The van der Waals surface area contributed by atoms with E-state index in [-0.39, 0.29) is 35.7 Å². The number of nitrogens with zero attached hydrogens (tertiary/aromatic N) is 2. The van der Waals surface area contributed by atoms with E-state index in [9.17, 15) is 14.4 Å². The third-order valence-electron chi connectivity index (χ3n) is 6.16. The lowest BCUT2D eigenvalue weighted by atomic mass is 10.0. The highest BCUT2D eigenvalue weighted by molar-refractivity contribution is 5.89. The van der Waals surface area contributed by atoms with Crippen molar-refractivity contribution in [3.8, 4) is 0 Å². The van der Waals surface area contributed by atoms with Gasteiger partial charge >= 0.3 is 0 Å². The maximum Gasteiger partial charge on any atom is 0.245 e. The van der Waals surface area contributed by atoms with Crippen LogP contribution < -0.4 is 5.32 Å². The van der Waals surface area contributed by atoms with Crippen LogP contribution in [0.2, 0.25) is 0 Å². The zero-order valence-electron chi connectivity index (χ0n) is 16.3. The van der Waals surface area contributed by atoms with Gasteiger partial charge in [0.15, 0.2) is 0 Å². The second-order valence-electron chi connectivity index (χ2n) is 8.29. The first-order chi connectivity index (χ1) is 13.6. The summed E-state index contributed by atoms with van der Waals surface area (Å²) in [7, 11) is 0. The van der Waals surface area contributed by atoms with Crippen molar-refractivity contribution < 1.29 is 14.4 Å². The van der Waals surface area contributed by atoms with Gasteiger partial charge < -0.3 is 15.1 Å². The molecule has 3 aliphatic rings. The largest absolute Gasteiger partial charge is 0.353 e. The van der Waals surface area contributed by atoms with Crippen molar-refractivity contribution in [2.75, 3.05) is 19.6 Å². The first-order valence-electron chi connectivity index (χ1n) is 10.5. The minimum absolute atomic E-state index is 0.0358. The van der Waals surface area contributed by atoms with Gasteiger partial charge in [0.05, 0.1) is 6.42 Å².